The second-order valence-electron chi connectivity index (χ2n) is 4.19. The van der Waals surface area contributed by atoms with Gasteiger partial charge in [-0.05, 0) is 40.5 Å². The molecule has 0 spiro atoms. The average Bonchev–Trinajstić information content (AvgIpc) is 2.43. The van der Waals surface area contributed by atoms with Gasteiger partial charge >= 0.3 is 0 Å². The van der Waals surface area contributed by atoms with Gasteiger partial charge in [0.15, 0.2) is 11.5 Å². The molecule has 22 heavy (non-hydrogen) atoms. The van der Waals surface area contributed by atoms with E-state index >= 15 is 0 Å². The molecule has 0 aliphatic carbocycles. The monoisotopic (exact) mass is 418 g/mol. The van der Waals surface area contributed by atoms with Crippen LogP contribution in [0.3, 0.4) is 0 Å². The Hall–Kier alpha value is -0.240. The van der Waals surface area contributed by atoms with Crippen molar-refractivity contribution in [2.75, 3.05) is 40.0 Å². The smallest absolute Gasteiger partial charge is 0.174 e. The minimum atomic E-state index is 0. The minimum absolute atomic E-state index is 0. The van der Waals surface area contributed by atoms with Crippen LogP contribution in [0, 0.1) is 0 Å². The molecular weight excluding hydrogens is 395 g/mol. The maximum absolute atomic E-state index is 8.65. The van der Waals surface area contributed by atoms with E-state index in [1.54, 1.807) is 7.11 Å². The van der Waals surface area contributed by atoms with Crippen LogP contribution in [0.25, 0.3) is 0 Å². The van der Waals surface area contributed by atoms with E-state index in [1.165, 1.54) is 0 Å². The summed E-state index contributed by atoms with van der Waals surface area (Å²) in [7, 11) is 1.63. The minimum Gasteiger partial charge on any atom is -0.492 e. The summed E-state index contributed by atoms with van der Waals surface area (Å²) in [4.78, 5) is 0. The van der Waals surface area contributed by atoms with Crippen LogP contribution in [0.5, 0.6) is 11.5 Å². The molecule has 1 rings (SSSR count). The Kier molecular flexibility index (Phi) is 15.7. The van der Waals surface area contributed by atoms with E-state index in [0.717, 1.165) is 41.2 Å². The first kappa shape index (κ1) is 24.0. The largest absolute Gasteiger partial charge is 0.492 e. The first-order chi connectivity index (χ1) is 9.72. The van der Waals surface area contributed by atoms with Gasteiger partial charge in [-0.15, -0.1) is 24.8 Å². The highest BCUT2D eigenvalue weighted by Crippen LogP contribution is 2.36. The fourth-order valence-corrected chi connectivity index (χ4v) is 2.45. The molecule has 0 aliphatic heterocycles. The molecule has 3 N–H and O–H groups in total. The van der Waals surface area contributed by atoms with E-state index in [4.69, 9.17) is 14.6 Å². The molecule has 0 aliphatic rings. The topological polar surface area (TPSA) is 62.8 Å². The lowest BCUT2D eigenvalue weighted by Gasteiger charge is -2.13. The van der Waals surface area contributed by atoms with Crippen LogP contribution in [0.1, 0.15) is 12.5 Å². The van der Waals surface area contributed by atoms with Crippen molar-refractivity contribution < 1.29 is 14.6 Å². The molecule has 0 atom stereocenters. The van der Waals surface area contributed by atoms with Gasteiger partial charge in [0.25, 0.3) is 0 Å². The van der Waals surface area contributed by atoms with Crippen LogP contribution in [0.2, 0.25) is 0 Å². The summed E-state index contributed by atoms with van der Waals surface area (Å²) in [6, 6.07) is 4.01. The summed E-state index contributed by atoms with van der Waals surface area (Å²) in [5.41, 5.74) is 1.13. The van der Waals surface area contributed by atoms with E-state index in [2.05, 4.69) is 26.6 Å². The Balaban J connectivity index is 0. The molecule has 0 bridgehead atoms. The molecule has 0 amide bonds. The van der Waals surface area contributed by atoms with Crippen molar-refractivity contribution >= 4 is 40.7 Å². The maximum atomic E-state index is 8.65. The number of nitrogens with one attached hydrogen (secondary N) is 2. The predicted molar refractivity (Wildman–Crippen MR) is 98.0 cm³/mol. The van der Waals surface area contributed by atoms with E-state index in [0.29, 0.717) is 13.2 Å². The van der Waals surface area contributed by atoms with Crippen LogP contribution in [0.15, 0.2) is 16.6 Å². The van der Waals surface area contributed by atoms with Crippen molar-refractivity contribution in [3.05, 3.63) is 22.2 Å². The Labute approximate surface area is 153 Å². The summed E-state index contributed by atoms with van der Waals surface area (Å²) in [5.74, 6) is 1.47. The quantitative estimate of drug-likeness (QED) is 0.508. The van der Waals surface area contributed by atoms with Crippen LogP contribution in [-0.4, -0.2) is 45.1 Å². The highest BCUT2D eigenvalue weighted by Gasteiger charge is 2.10. The Morgan fingerprint density at radius 1 is 1.14 bits per heavy atom. The SMILES string of the molecule is CCOc1cc(CNCCNCCO)cc(Br)c1OC.Cl.Cl. The zero-order chi connectivity index (χ0) is 14.8. The zero-order valence-corrected chi connectivity index (χ0v) is 16.1. The third kappa shape index (κ3) is 8.41. The molecule has 130 valence electrons. The average molecular weight is 420 g/mol. The molecule has 0 fully saturated rings. The van der Waals surface area contributed by atoms with Crippen molar-refractivity contribution in [2.45, 2.75) is 13.5 Å². The number of hydrogen-bond acceptors (Lipinski definition) is 5. The summed E-state index contributed by atoms with van der Waals surface area (Å²) in [5, 5.41) is 15.1. The number of methoxy groups -OCH3 is 1. The Bertz CT molecular complexity index is 412. The van der Waals surface area contributed by atoms with Gasteiger partial charge in [-0.1, -0.05) is 0 Å². The number of hydrogen-bond donors (Lipinski definition) is 3. The van der Waals surface area contributed by atoms with E-state index < -0.39 is 0 Å². The molecule has 5 nitrogen and oxygen atoms in total. The highest BCUT2D eigenvalue weighted by molar-refractivity contribution is 9.10. The summed E-state index contributed by atoms with van der Waals surface area (Å²) < 4.78 is 11.8. The van der Waals surface area contributed by atoms with Crippen LogP contribution in [-0.2, 0) is 6.54 Å². The van der Waals surface area contributed by atoms with Gasteiger partial charge in [0, 0.05) is 26.2 Å². The number of rotatable bonds is 10. The Morgan fingerprint density at radius 3 is 2.41 bits per heavy atom. The summed E-state index contributed by atoms with van der Waals surface area (Å²) in [6.45, 7) is 5.77. The van der Waals surface area contributed by atoms with Crippen LogP contribution < -0.4 is 20.1 Å². The number of aliphatic hydroxyl groups excluding tert-OH is 1. The fraction of sp³-hybridized carbons (Fsp3) is 0.571. The molecular formula is C14H25BrCl2N2O3. The molecule has 1 aromatic carbocycles. The fourth-order valence-electron chi connectivity index (χ4n) is 1.80. The van der Waals surface area contributed by atoms with Gasteiger partial charge in [0.2, 0.25) is 0 Å². The number of ether oxygens (including phenoxy) is 2. The van der Waals surface area contributed by atoms with Gasteiger partial charge in [0.1, 0.15) is 0 Å². The van der Waals surface area contributed by atoms with Crippen LogP contribution >= 0.6 is 40.7 Å². The lowest BCUT2D eigenvalue weighted by Crippen LogP contribution is -2.28. The molecule has 8 heteroatoms. The van der Waals surface area contributed by atoms with Crippen LogP contribution in [0.4, 0.5) is 0 Å². The van der Waals surface area contributed by atoms with Crippen molar-refractivity contribution in [3.8, 4) is 11.5 Å². The first-order valence-corrected chi connectivity index (χ1v) is 7.53. The normalized spacial score (nSPS) is 9.64. The lowest BCUT2D eigenvalue weighted by molar-refractivity contribution is 0.292. The van der Waals surface area contributed by atoms with Crippen molar-refractivity contribution in [1.29, 1.82) is 0 Å². The molecule has 0 heterocycles. The summed E-state index contributed by atoms with van der Waals surface area (Å²) in [6.07, 6.45) is 0. The van der Waals surface area contributed by atoms with Crippen molar-refractivity contribution in [3.63, 3.8) is 0 Å². The predicted octanol–water partition coefficient (Wildman–Crippen LogP) is 2.37. The zero-order valence-electron chi connectivity index (χ0n) is 12.9. The van der Waals surface area contributed by atoms with Gasteiger partial charge in [0.05, 0.1) is 24.8 Å². The first-order valence-electron chi connectivity index (χ1n) is 6.74. The van der Waals surface area contributed by atoms with E-state index in [1.807, 2.05) is 19.1 Å². The van der Waals surface area contributed by atoms with Crippen molar-refractivity contribution in [2.24, 2.45) is 0 Å². The van der Waals surface area contributed by atoms with Crippen molar-refractivity contribution in [1.82, 2.24) is 10.6 Å². The van der Waals surface area contributed by atoms with Gasteiger partial charge in [-0.3, -0.25) is 0 Å². The Morgan fingerprint density at radius 2 is 1.82 bits per heavy atom. The van der Waals surface area contributed by atoms with Gasteiger partial charge < -0.3 is 25.2 Å². The van der Waals surface area contributed by atoms with Gasteiger partial charge in [-0.2, -0.15) is 0 Å². The van der Waals surface area contributed by atoms with E-state index in [9.17, 15) is 0 Å². The highest BCUT2D eigenvalue weighted by atomic mass is 79.9. The molecule has 0 aromatic heterocycles. The molecule has 0 unspecified atom stereocenters. The lowest BCUT2D eigenvalue weighted by atomic mass is 10.2. The summed E-state index contributed by atoms with van der Waals surface area (Å²) >= 11 is 3.50. The molecule has 0 saturated carbocycles. The second kappa shape index (κ2) is 14.4. The van der Waals surface area contributed by atoms with E-state index in [-0.39, 0.29) is 31.4 Å². The third-order valence-electron chi connectivity index (χ3n) is 2.67. The number of halogens is 3. The van der Waals surface area contributed by atoms with Gasteiger partial charge in [-0.25, -0.2) is 0 Å². The standard InChI is InChI=1S/C14H23BrN2O3.2ClH/c1-3-20-13-9-11(8-12(15)14(13)19-2)10-17-5-4-16-6-7-18;;/h8-9,16-18H,3-7,10H2,1-2H3;2*1H. The maximum Gasteiger partial charge on any atom is 0.174 e. The second-order valence-corrected chi connectivity index (χ2v) is 5.05. The molecule has 1 aromatic rings. The molecule has 0 radical (unpaired) electrons. The number of benzene rings is 1. The molecule has 0 saturated heterocycles. The third-order valence-corrected chi connectivity index (χ3v) is 3.26. The number of aliphatic hydroxyl groups is 1.